The van der Waals surface area contributed by atoms with E-state index >= 15 is 0 Å². The molecule has 7 nitrogen and oxygen atoms in total. The minimum absolute atomic E-state index is 0.277. The van der Waals surface area contributed by atoms with Gasteiger partial charge in [0.2, 0.25) is 0 Å². The largest absolute Gasteiger partial charge is 0.396 e. The van der Waals surface area contributed by atoms with Crippen molar-refractivity contribution in [3.63, 3.8) is 0 Å². The van der Waals surface area contributed by atoms with Crippen LogP contribution in [-0.2, 0) is 0 Å². The van der Waals surface area contributed by atoms with E-state index in [-0.39, 0.29) is 6.61 Å². The number of fused-ring (bicyclic) bond motifs is 1. The molecule has 0 amide bonds. The van der Waals surface area contributed by atoms with Crippen LogP contribution in [0, 0.1) is 5.92 Å². The van der Waals surface area contributed by atoms with E-state index in [2.05, 4.69) is 30.2 Å². The first kappa shape index (κ1) is 13.9. The second-order valence-electron chi connectivity index (χ2n) is 6.40. The van der Waals surface area contributed by atoms with Gasteiger partial charge in [-0.05, 0) is 38.1 Å². The van der Waals surface area contributed by atoms with Crippen molar-refractivity contribution < 1.29 is 5.11 Å². The Morgan fingerprint density at radius 2 is 2.23 bits per heavy atom. The third-order valence-corrected chi connectivity index (χ3v) is 4.93. The molecule has 0 aromatic carbocycles. The summed E-state index contributed by atoms with van der Waals surface area (Å²) >= 11 is 0. The third-order valence-electron chi connectivity index (χ3n) is 4.93. The van der Waals surface area contributed by atoms with Gasteiger partial charge in [0.1, 0.15) is 11.8 Å². The van der Waals surface area contributed by atoms with Gasteiger partial charge in [0.05, 0.1) is 6.33 Å². The maximum atomic E-state index is 9.33. The summed E-state index contributed by atoms with van der Waals surface area (Å²) in [5.41, 5.74) is 1.74. The molecule has 2 aromatic heterocycles. The van der Waals surface area contributed by atoms with Crippen LogP contribution in [0.4, 0.5) is 5.82 Å². The summed E-state index contributed by atoms with van der Waals surface area (Å²) in [6.45, 7) is 2.29. The van der Waals surface area contributed by atoms with E-state index in [4.69, 9.17) is 0 Å². The number of hydrogen-bond donors (Lipinski definition) is 3. The Morgan fingerprint density at radius 1 is 1.27 bits per heavy atom. The molecular formula is C15H22N6O. The molecular weight excluding hydrogens is 280 g/mol. The number of nitrogens with zero attached hydrogens (tertiary/aromatic N) is 4. The second-order valence-corrected chi connectivity index (χ2v) is 6.40. The fourth-order valence-corrected chi connectivity index (χ4v) is 3.66. The van der Waals surface area contributed by atoms with Gasteiger partial charge in [-0.1, -0.05) is 0 Å². The molecule has 1 saturated heterocycles. The van der Waals surface area contributed by atoms with Gasteiger partial charge in [-0.2, -0.15) is 0 Å². The topological polar surface area (TPSA) is 87.9 Å². The smallest absolute Gasteiger partial charge is 0.165 e. The summed E-state index contributed by atoms with van der Waals surface area (Å²) in [6, 6.07) is 0.798. The van der Waals surface area contributed by atoms with Gasteiger partial charge in [-0.15, -0.1) is 0 Å². The summed E-state index contributed by atoms with van der Waals surface area (Å²) in [5, 5.41) is 16.2. The molecule has 22 heavy (non-hydrogen) atoms. The van der Waals surface area contributed by atoms with E-state index in [9.17, 15) is 5.11 Å². The van der Waals surface area contributed by atoms with Crippen molar-refractivity contribution in [1.29, 1.82) is 0 Å². The summed E-state index contributed by atoms with van der Waals surface area (Å²) in [4.78, 5) is 13.4. The van der Waals surface area contributed by atoms with Gasteiger partial charge in [0.25, 0.3) is 0 Å². The van der Waals surface area contributed by atoms with E-state index in [0.29, 0.717) is 18.0 Å². The van der Waals surface area contributed by atoms with Crippen molar-refractivity contribution >= 4 is 17.0 Å². The highest BCUT2D eigenvalue weighted by Gasteiger charge is 2.27. The maximum absolute atomic E-state index is 9.33. The fourth-order valence-electron chi connectivity index (χ4n) is 3.66. The van der Waals surface area contributed by atoms with E-state index < -0.39 is 0 Å². The van der Waals surface area contributed by atoms with E-state index in [1.165, 1.54) is 0 Å². The van der Waals surface area contributed by atoms with Gasteiger partial charge in [-0.25, -0.2) is 15.0 Å². The van der Waals surface area contributed by atoms with Crippen molar-refractivity contribution in [2.45, 2.75) is 37.8 Å². The summed E-state index contributed by atoms with van der Waals surface area (Å²) in [7, 11) is 0. The highest BCUT2D eigenvalue weighted by molar-refractivity contribution is 5.82. The second kappa shape index (κ2) is 5.81. The first-order chi connectivity index (χ1) is 10.8. The highest BCUT2D eigenvalue weighted by atomic mass is 16.3. The Labute approximate surface area is 129 Å². The van der Waals surface area contributed by atoms with Crippen molar-refractivity contribution in [2.75, 3.05) is 25.0 Å². The van der Waals surface area contributed by atoms with Crippen molar-refractivity contribution in [2.24, 2.45) is 5.92 Å². The van der Waals surface area contributed by atoms with E-state index in [0.717, 1.165) is 55.8 Å². The molecule has 3 N–H and O–H groups in total. The molecule has 2 aliphatic rings. The van der Waals surface area contributed by atoms with E-state index in [1.54, 1.807) is 6.33 Å². The molecule has 1 saturated carbocycles. The van der Waals surface area contributed by atoms with Gasteiger partial charge >= 0.3 is 0 Å². The zero-order valence-corrected chi connectivity index (χ0v) is 12.6. The molecule has 0 bridgehead atoms. The first-order valence-corrected chi connectivity index (χ1v) is 8.11. The lowest BCUT2D eigenvalue weighted by molar-refractivity contribution is 0.226. The third kappa shape index (κ3) is 2.44. The molecule has 3 atom stereocenters. The normalized spacial score (nSPS) is 28.5. The van der Waals surface area contributed by atoms with Crippen LogP contribution in [0.3, 0.4) is 0 Å². The van der Waals surface area contributed by atoms with Crippen LogP contribution < -0.4 is 10.6 Å². The molecule has 1 aliphatic heterocycles. The number of hydrogen-bond acceptors (Lipinski definition) is 6. The molecule has 7 heteroatoms. The number of anilines is 1. The lowest BCUT2D eigenvalue weighted by atomic mass is 10.1. The lowest BCUT2D eigenvalue weighted by Crippen LogP contribution is -2.23. The standard InChI is InChI=1S/C15H22N6O/c22-7-10-1-2-12(5-10)21-9-19-13-14(17-8-18-15(13)21)20-11-3-4-16-6-11/h8-12,16,22H,1-7H2,(H,17,18,20)/t10-,11+,12-/m1/s1. The number of imidazole rings is 1. The maximum Gasteiger partial charge on any atom is 0.165 e. The molecule has 2 aromatic rings. The van der Waals surface area contributed by atoms with Gasteiger partial charge in [0, 0.05) is 25.2 Å². The highest BCUT2D eigenvalue weighted by Crippen LogP contribution is 2.36. The predicted molar refractivity (Wildman–Crippen MR) is 83.7 cm³/mol. The Balaban J connectivity index is 1.62. The quantitative estimate of drug-likeness (QED) is 0.779. The van der Waals surface area contributed by atoms with Gasteiger partial charge < -0.3 is 20.3 Å². The average Bonchev–Trinajstić information content (AvgIpc) is 3.27. The van der Waals surface area contributed by atoms with Crippen LogP contribution in [-0.4, -0.2) is 50.4 Å². The van der Waals surface area contributed by atoms with Crippen LogP contribution in [0.2, 0.25) is 0 Å². The minimum atomic E-state index is 0.277. The molecule has 118 valence electrons. The molecule has 0 spiro atoms. The first-order valence-electron chi connectivity index (χ1n) is 8.11. The zero-order valence-electron chi connectivity index (χ0n) is 12.6. The average molecular weight is 302 g/mol. The SMILES string of the molecule is OC[C@@H]1CC[C@@H](n2cnc3c(N[C@H]4CCNC4)ncnc32)C1. The summed E-state index contributed by atoms with van der Waals surface area (Å²) in [5.74, 6) is 1.24. The Bertz CT molecular complexity index is 651. The molecule has 0 radical (unpaired) electrons. The molecule has 1 aliphatic carbocycles. The number of aromatic nitrogens is 4. The number of aliphatic hydroxyl groups is 1. The molecule has 3 heterocycles. The predicted octanol–water partition coefficient (Wildman–Crippen LogP) is 0.934. The van der Waals surface area contributed by atoms with Crippen molar-refractivity contribution in [1.82, 2.24) is 24.8 Å². The molecule has 0 unspecified atom stereocenters. The fraction of sp³-hybridized carbons (Fsp3) is 0.667. The van der Waals surface area contributed by atoms with Crippen molar-refractivity contribution in [3.8, 4) is 0 Å². The lowest BCUT2D eigenvalue weighted by Gasteiger charge is -2.14. The number of aliphatic hydroxyl groups excluding tert-OH is 1. The minimum Gasteiger partial charge on any atom is -0.396 e. The van der Waals surface area contributed by atoms with Crippen LogP contribution >= 0.6 is 0 Å². The van der Waals surface area contributed by atoms with Crippen LogP contribution in [0.15, 0.2) is 12.7 Å². The van der Waals surface area contributed by atoms with E-state index in [1.807, 2.05) is 6.33 Å². The van der Waals surface area contributed by atoms with Crippen LogP contribution in [0.5, 0.6) is 0 Å². The Hall–Kier alpha value is -1.73. The summed E-state index contributed by atoms with van der Waals surface area (Å²) < 4.78 is 2.16. The summed E-state index contributed by atoms with van der Waals surface area (Å²) in [6.07, 6.45) is 7.75. The Kier molecular flexibility index (Phi) is 3.67. The van der Waals surface area contributed by atoms with Gasteiger partial charge in [-0.3, -0.25) is 0 Å². The molecule has 4 rings (SSSR count). The Morgan fingerprint density at radius 3 is 3.00 bits per heavy atom. The number of nitrogens with one attached hydrogen (secondary N) is 2. The monoisotopic (exact) mass is 302 g/mol. The molecule has 2 fully saturated rings. The number of rotatable bonds is 4. The van der Waals surface area contributed by atoms with Crippen LogP contribution in [0.1, 0.15) is 31.7 Å². The van der Waals surface area contributed by atoms with Crippen LogP contribution in [0.25, 0.3) is 11.2 Å². The zero-order chi connectivity index (χ0) is 14.9. The van der Waals surface area contributed by atoms with Crippen molar-refractivity contribution in [3.05, 3.63) is 12.7 Å². The van der Waals surface area contributed by atoms with Gasteiger partial charge in [0.15, 0.2) is 11.5 Å².